The summed E-state index contributed by atoms with van der Waals surface area (Å²) in [4.78, 5) is 9.54. The highest BCUT2D eigenvalue weighted by atomic mass is 16.5. The lowest BCUT2D eigenvalue weighted by molar-refractivity contribution is 0.304. The molecule has 0 aliphatic carbocycles. The molecule has 0 unspecified atom stereocenters. The topological polar surface area (TPSA) is 67.0 Å². The van der Waals surface area contributed by atoms with Crippen molar-refractivity contribution in [2.24, 2.45) is 0 Å². The van der Waals surface area contributed by atoms with E-state index in [4.69, 9.17) is 14.5 Å². The first-order valence-corrected chi connectivity index (χ1v) is 9.36. The SMILES string of the molecule is CCc1cc2c(cc1OC)OCCn1cc(-c3nc(C)nn3C(C)C)nc1-2. The van der Waals surface area contributed by atoms with Gasteiger partial charge in [0.25, 0.3) is 0 Å². The Bertz CT molecular complexity index is 987. The first-order valence-electron chi connectivity index (χ1n) is 9.36. The normalized spacial score (nSPS) is 13.1. The predicted octanol–water partition coefficient (Wildman–Crippen LogP) is 3.66. The minimum Gasteiger partial charge on any atom is -0.496 e. The second-order valence-corrected chi connectivity index (χ2v) is 7.03. The fourth-order valence-electron chi connectivity index (χ4n) is 3.49. The molecule has 7 nitrogen and oxygen atoms in total. The van der Waals surface area contributed by atoms with E-state index in [1.165, 1.54) is 0 Å². The van der Waals surface area contributed by atoms with Gasteiger partial charge in [-0.1, -0.05) is 6.92 Å². The lowest BCUT2D eigenvalue weighted by Gasteiger charge is -2.12. The third kappa shape index (κ3) is 2.97. The van der Waals surface area contributed by atoms with Gasteiger partial charge in [-0.3, -0.25) is 0 Å². The Morgan fingerprint density at radius 2 is 2.04 bits per heavy atom. The van der Waals surface area contributed by atoms with Crippen LogP contribution in [0.15, 0.2) is 18.3 Å². The lowest BCUT2D eigenvalue weighted by Crippen LogP contribution is -2.06. The number of hydrogen-bond acceptors (Lipinski definition) is 5. The first-order chi connectivity index (χ1) is 13.0. The van der Waals surface area contributed by atoms with Gasteiger partial charge in [0.1, 0.15) is 35.4 Å². The molecule has 4 rings (SSSR count). The Hall–Kier alpha value is -2.83. The molecule has 0 amide bonds. The molecule has 0 N–H and O–H groups in total. The van der Waals surface area contributed by atoms with Crippen molar-refractivity contribution in [3.05, 3.63) is 29.7 Å². The molecule has 3 aromatic rings. The van der Waals surface area contributed by atoms with Gasteiger partial charge in [-0.05, 0) is 38.8 Å². The third-order valence-corrected chi connectivity index (χ3v) is 4.83. The van der Waals surface area contributed by atoms with Crippen LogP contribution in [0.3, 0.4) is 0 Å². The van der Waals surface area contributed by atoms with Crippen LogP contribution >= 0.6 is 0 Å². The van der Waals surface area contributed by atoms with Crippen LogP contribution in [-0.2, 0) is 13.0 Å². The smallest absolute Gasteiger partial charge is 0.178 e. The van der Waals surface area contributed by atoms with Crippen molar-refractivity contribution in [2.75, 3.05) is 13.7 Å². The van der Waals surface area contributed by atoms with Gasteiger partial charge in [-0.15, -0.1) is 0 Å². The maximum Gasteiger partial charge on any atom is 0.178 e. The van der Waals surface area contributed by atoms with Crippen molar-refractivity contribution in [1.82, 2.24) is 24.3 Å². The number of rotatable bonds is 4. The fourth-order valence-corrected chi connectivity index (χ4v) is 3.49. The molecule has 0 saturated carbocycles. The molecule has 0 saturated heterocycles. The Morgan fingerprint density at radius 1 is 1.22 bits per heavy atom. The average molecular weight is 367 g/mol. The average Bonchev–Trinajstić information content (AvgIpc) is 3.21. The van der Waals surface area contributed by atoms with E-state index in [-0.39, 0.29) is 6.04 Å². The van der Waals surface area contributed by atoms with Crippen LogP contribution in [0.5, 0.6) is 11.5 Å². The minimum atomic E-state index is 0.217. The Morgan fingerprint density at radius 3 is 2.74 bits per heavy atom. The highest BCUT2D eigenvalue weighted by Crippen LogP contribution is 2.38. The van der Waals surface area contributed by atoms with Crippen molar-refractivity contribution in [3.8, 4) is 34.4 Å². The van der Waals surface area contributed by atoms with Crippen molar-refractivity contribution < 1.29 is 9.47 Å². The molecular weight excluding hydrogens is 342 g/mol. The van der Waals surface area contributed by atoms with E-state index in [1.54, 1.807) is 7.11 Å². The van der Waals surface area contributed by atoms with E-state index in [0.29, 0.717) is 6.61 Å². The maximum absolute atomic E-state index is 5.97. The van der Waals surface area contributed by atoms with Gasteiger partial charge >= 0.3 is 0 Å². The van der Waals surface area contributed by atoms with Crippen molar-refractivity contribution >= 4 is 0 Å². The molecule has 3 heterocycles. The van der Waals surface area contributed by atoms with Crippen LogP contribution in [0.2, 0.25) is 0 Å². The summed E-state index contributed by atoms with van der Waals surface area (Å²) in [5.41, 5.74) is 2.96. The zero-order chi connectivity index (χ0) is 19.1. The molecule has 1 aliphatic rings. The zero-order valence-electron chi connectivity index (χ0n) is 16.5. The summed E-state index contributed by atoms with van der Waals surface area (Å²) in [7, 11) is 1.69. The number of methoxy groups -OCH3 is 1. The summed E-state index contributed by atoms with van der Waals surface area (Å²) < 4.78 is 15.6. The number of ether oxygens (including phenoxy) is 2. The number of nitrogens with zero attached hydrogens (tertiary/aromatic N) is 5. The highest BCUT2D eigenvalue weighted by molar-refractivity contribution is 5.71. The molecule has 0 fully saturated rings. The molecule has 0 radical (unpaired) electrons. The molecule has 1 aliphatic heterocycles. The summed E-state index contributed by atoms with van der Waals surface area (Å²) in [5, 5.41) is 4.52. The van der Waals surface area contributed by atoms with Gasteiger partial charge in [0.2, 0.25) is 0 Å². The number of hydrogen-bond donors (Lipinski definition) is 0. The van der Waals surface area contributed by atoms with E-state index >= 15 is 0 Å². The number of aromatic nitrogens is 5. The van der Waals surface area contributed by atoms with Crippen LogP contribution in [0.1, 0.15) is 38.2 Å². The molecule has 27 heavy (non-hydrogen) atoms. The van der Waals surface area contributed by atoms with Crippen LogP contribution in [-0.4, -0.2) is 38.0 Å². The van der Waals surface area contributed by atoms with Crippen molar-refractivity contribution in [2.45, 2.75) is 46.7 Å². The zero-order valence-corrected chi connectivity index (χ0v) is 16.5. The van der Waals surface area contributed by atoms with E-state index < -0.39 is 0 Å². The first kappa shape index (κ1) is 17.6. The summed E-state index contributed by atoms with van der Waals surface area (Å²) >= 11 is 0. The van der Waals surface area contributed by atoms with Gasteiger partial charge in [-0.2, -0.15) is 5.10 Å². The second-order valence-electron chi connectivity index (χ2n) is 7.03. The molecule has 142 valence electrons. The highest BCUT2D eigenvalue weighted by Gasteiger charge is 2.23. The molecule has 0 atom stereocenters. The maximum atomic E-state index is 5.97. The summed E-state index contributed by atoms with van der Waals surface area (Å²) in [6.07, 6.45) is 2.93. The van der Waals surface area contributed by atoms with Crippen LogP contribution in [0.25, 0.3) is 22.9 Å². The van der Waals surface area contributed by atoms with Gasteiger partial charge in [-0.25, -0.2) is 14.6 Å². The Labute approximate surface area is 159 Å². The predicted molar refractivity (Wildman–Crippen MR) is 103 cm³/mol. The molecule has 0 spiro atoms. The van der Waals surface area contributed by atoms with E-state index in [1.807, 2.05) is 23.9 Å². The van der Waals surface area contributed by atoms with Gasteiger partial charge in [0.05, 0.1) is 19.2 Å². The number of aryl methyl sites for hydroxylation is 2. The Balaban J connectivity index is 1.87. The molecule has 7 heteroatoms. The number of benzene rings is 1. The molecule has 0 bridgehead atoms. The van der Waals surface area contributed by atoms with E-state index in [0.717, 1.165) is 58.8 Å². The van der Waals surface area contributed by atoms with Gasteiger partial charge in [0, 0.05) is 18.3 Å². The van der Waals surface area contributed by atoms with Gasteiger partial charge in [0.15, 0.2) is 5.82 Å². The quantitative estimate of drug-likeness (QED) is 0.704. The minimum absolute atomic E-state index is 0.217. The molecule has 2 aromatic heterocycles. The summed E-state index contributed by atoms with van der Waals surface area (Å²) in [6.45, 7) is 9.54. The Kier molecular flexibility index (Phi) is 4.37. The monoisotopic (exact) mass is 367 g/mol. The fraction of sp³-hybridized carbons (Fsp3) is 0.450. The number of fused-ring (bicyclic) bond motifs is 3. The van der Waals surface area contributed by atoms with E-state index in [2.05, 4.69) is 41.5 Å². The molecule has 1 aromatic carbocycles. The second kappa shape index (κ2) is 6.72. The van der Waals surface area contributed by atoms with Crippen LogP contribution < -0.4 is 9.47 Å². The summed E-state index contributed by atoms with van der Waals surface area (Å²) in [5.74, 6) is 4.11. The van der Waals surface area contributed by atoms with E-state index in [9.17, 15) is 0 Å². The van der Waals surface area contributed by atoms with Crippen LogP contribution in [0.4, 0.5) is 0 Å². The number of imidazole rings is 1. The van der Waals surface area contributed by atoms with Crippen molar-refractivity contribution in [1.29, 1.82) is 0 Å². The third-order valence-electron chi connectivity index (χ3n) is 4.83. The largest absolute Gasteiger partial charge is 0.496 e. The van der Waals surface area contributed by atoms with Crippen molar-refractivity contribution in [3.63, 3.8) is 0 Å². The van der Waals surface area contributed by atoms with Gasteiger partial charge < -0.3 is 14.0 Å². The lowest BCUT2D eigenvalue weighted by atomic mass is 10.1. The standard InChI is InChI=1S/C20H25N5O2/c1-6-14-9-15-18(10-17(14)26-5)27-8-7-24-11-16(22-19(15)24)20-21-13(4)23-25(20)12(2)3/h9-12H,6-8H2,1-5H3. The summed E-state index contributed by atoms with van der Waals surface area (Å²) in [6, 6.07) is 4.31. The van der Waals surface area contributed by atoms with Crippen LogP contribution in [0, 0.1) is 6.92 Å². The molecular formula is C20H25N5O2.